The van der Waals surface area contributed by atoms with Crippen molar-refractivity contribution in [2.75, 3.05) is 5.01 Å². The van der Waals surface area contributed by atoms with Crippen LogP contribution in [0.2, 0.25) is 0 Å². The number of benzene rings is 2. The summed E-state index contributed by atoms with van der Waals surface area (Å²) < 4.78 is 0. The van der Waals surface area contributed by atoms with E-state index >= 15 is 0 Å². The quantitative estimate of drug-likeness (QED) is 0.878. The van der Waals surface area contributed by atoms with Gasteiger partial charge < -0.3 is 5.11 Å². The molecule has 4 rings (SSSR count). The molecule has 2 aromatic rings. The number of rotatable bonds is 1. The van der Waals surface area contributed by atoms with Crippen molar-refractivity contribution in [3.8, 4) is 5.75 Å². The SMILES string of the molecule is O=C1CC2CCc3ccccc3C2=NN1c1ccccc1O. The first-order chi connectivity index (χ1) is 10.7. The standard InChI is InChI=1S/C18H16N2O2/c21-16-8-4-3-7-15(16)20-17(22)11-13-10-9-12-5-1-2-6-14(12)18(13)19-20/h1-8,13,21H,9-11H2. The minimum atomic E-state index is -0.0605. The zero-order chi connectivity index (χ0) is 15.1. The van der Waals surface area contributed by atoms with Crippen molar-refractivity contribution in [3.63, 3.8) is 0 Å². The molecule has 2 aromatic carbocycles. The smallest absolute Gasteiger partial charge is 0.248 e. The average molecular weight is 292 g/mol. The van der Waals surface area contributed by atoms with Crippen LogP contribution in [0, 0.1) is 5.92 Å². The molecule has 4 nitrogen and oxygen atoms in total. The molecule has 0 saturated carbocycles. The molecule has 22 heavy (non-hydrogen) atoms. The number of phenolic OH excluding ortho intramolecular Hbond substituents is 1. The topological polar surface area (TPSA) is 52.9 Å². The molecule has 1 N–H and O–H groups in total. The van der Waals surface area contributed by atoms with Crippen LogP contribution in [0.3, 0.4) is 0 Å². The number of hydrogen-bond acceptors (Lipinski definition) is 3. The molecule has 0 fully saturated rings. The summed E-state index contributed by atoms with van der Waals surface area (Å²) in [7, 11) is 0. The van der Waals surface area contributed by atoms with Crippen LogP contribution in [0.1, 0.15) is 24.0 Å². The summed E-state index contributed by atoms with van der Waals surface area (Å²) >= 11 is 0. The van der Waals surface area contributed by atoms with Crippen LogP contribution in [0.15, 0.2) is 53.6 Å². The Balaban J connectivity index is 1.84. The molecule has 1 heterocycles. The molecule has 1 aliphatic heterocycles. The second-order valence-corrected chi connectivity index (χ2v) is 5.78. The van der Waals surface area contributed by atoms with Gasteiger partial charge in [0, 0.05) is 17.9 Å². The number of aryl methyl sites for hydroxylation is 1. The Morgan fingerprint density at radius 1 is 1.09 bits per heavy atom. The lowest BCUT2D eigenvalue weighted by Crippen LogP contribution is -2.39. The predicted octanol–water partition coefficient (Wildman–Crippen LogP) is 3.10. The van der Waals surface area contributed by atoms with Gasteiger partial charge in [0.1, 0.15) is 11.4 Å². The number of aromatic hydroxyl groups is 1. The van der Waals surface area contributed by atoms with Crippen LogP contribution in [-0.2, 0) is 11.2 Å². The first-order valence-electron chi connectivity index (χ1n) is 7.52. The number of carbonyl (C=O) groups is 1. The maximum absolute atomic E-state index is 12.4. The van der Waals surface area contributed by atoms with Crippen LogP contribution >= 0.6 is 0 Å². The molecule has 1 atom stereocenters. The molecule has 0 radical (unpaired) electrons. The Hall–Kier alpha value is -2.62. The van der Waals surface area contributed by atoms with E-state index in [1.807, 2.05) is 12.1 Å². The molecular formula is C18H16N2O2. The van der Waals surface area contributed by atoms with Crippen molar-refractivity contribution in [1.29, 1.82) is 0 Å². The second kappa shape index (κ2) is 4.98. The number of amides is 1. The Morgan fingerprint density at radius 2 is 1.86 bits per heavy atom. The highest BCUT2D eigenvalue weighted by Crippen LogP contribution is 2.35. The van der Waals surface area contributed by atoms with Gasteiger partial charge >= 0.3 is 0 Å². The summed E-state index contributed by atoms with van der Waals surface area (Å²) in [5, 5.41) is 16.0. The Bertz CT molecular complexity index is 782. The van der Waals surface area contributed by atoms with Crippen molar-refractivity contribution in [2.45, 2.75) is 19.3 Å². The fourth-order valence-electron chi connectivity index (χ4n) is 3.30. The van der Waals surface area contributed by atoms with Crippen LogP contribution in [0.4, 0.5) is 5.69 Å². The number of hydrogen-bond donors (Lipinski definition) is 1. The summed E-state index contributed by atoms with van der Waals surface area (Å²) in [5.74, 6) is 0.196. The van der Waals surface area contributed by atoms with Gasteiger partial charge in [0.05, 0.1) is 5.71 Å². The van der Waals surface area contributed by atoms with Crippen LogP contribution < -0.4 is 5.01 Å². The Morgan fingerprint density at radius 3 is 2.73 bits per heavy atom. The average Bonchev–Trinajstić information content (AvgIpc) is 2.55. The minimum absolute atomic E-state index is 0.0605. The molecule has 0 spiro atoms. The van der Waals surface area contributed by atoms with E-state index in [-0.39, 0.29) is 17.6 Å². The number of nitrogens with zero attached hydrogens (tertiary/aromatic N) is 2. The normalized spacial score (nSPS) is 20.2. The van der Waals surface area contributed by atoms with E-state index in [1.165, 1.54) is 10.6 Å². The fraction of sp³-hybridized carbons (Fsp3) is 0.222. The highest BCUT2D eigenvalue weighted by molar-refractivity contribution is 6.11. The number of hydrazone groups is 1. The molecule has 1 aliphatic carbocycles. The lowest BCUT2D eigenvalue weighted by Gasteiger charge is -2.33. The van der Waals surface area contributed by atoms with E-state index in [9.17, 15) is 9.90 Å². The molecule has 1 unspecified atom stereocenters. The number of carbonyl (C=O) groups excluding carboxylic acids is 1. The third-order valence-corrected chi connectivity index (χ3v) is 4.42. The number of para-hydroxylation sites is 2. The maximum atomic E-state index is 12.4. The van der Waals surface area contributed by atoms with Gasteiger partial charge in [-0.15, -0.1) is 0 Å². The molecule has 0 aromatic heterocycles. The fourth-order valence-corrected chi connectivity index (χ4v) is 3.30. The maximum Gasteiger partial charge on any atom is 0.248 e. The largest absolute Gasteiger partial charge is 0.506 e. The molecule has 110 valence electrons. The lowest BCUT2D eigenvalue weighted by atomic mass is 9.79. The van der Waals surface area contributed by atoms with Gasteiger partial charge in [-0.1, -0.05) is 36.4 Å². The van der Waals surface area contributed by atoms with Crippen molar-refractivity contribution >= 4 is 17.3 Å². The van der Waals surface area contributed by atoms with E-state index in [4.69, 9.17) is 0 Å². The van der Waals surface area contributed by atoms with Crippen LogP contribution in [0.5, 0.6) is 5.75 Å². The van der Waals surface area contributed by atoms with Crippen molar-refractivity contribution in [2.24, 2.45) is 11.0 Å². The summed E-state index contributed by atoms with van der Waals surface area (Å²) in [5.41, 5.74) is 3.82. The van der Waals surface area contributed by atoms with E-state index in [2.05, 4.69) is 17.2 Å². The van der Waals surface area contributed by atoms with E-state index in [0.717, 1.165) is 24.1 Å². The number of anilines is 1. The molecule has 4 heteroatoms. The molecule has 2 aliphatic rings. The minimum Gasteiger partial charge on any atom is -0.506 e. The van der Waals surface area contributed by atoms with Crippen LogP contribution in [-0.4, -0.2) is 16.7 Å². The van der Waals surface area contributed by atoms with Gasteiger partial charge in [0.25, 0.3) is 0 Å². The lowest BCUT2D eigenvalue weighted by molar-refractivity contribution is -0.119. The van der Waals surface area contributed by atoms with Gasteiger partial charge in [-0.2, -0.15) is 10.1 Å². The van der Waals surface area contributed by atoms with E-state index < -0.39 is 0 Å². The van der Waals surface area contributed by atoms with Crippen molar-refractivity contribution in [3.05, 3.63) is 59.7 Å². The van der Waals surface area contributed by atoms with Gasteiger partial charge in [-0.3, -0.25) is 4.79 Å². The van der Waals surface area contributed by atoms with E-state index in [1.54, 1.807) is 24.3 Å². The monoisotopic (exact) mass is 292 g/mol. The van der Waals surface area contributed by atoms with Crippen molar-refractivity contribution < 1.29 is 9.90 Å². The zero-order valence-electron chi connectivity index (χ0n) is 12.1. The molecule has 0 saturated heterocycles. The van der Waals surface area contributed by atoms with Gasteiger partial charge in [-0.25, -0.2) is 0 Å². The van der Waals surface area contributed by atoms with Crippen LogP contribution in [0.25, 0.3) is 0 Å². The third kappa shape index (κ3) is 1.99. The first kappa shape index (κ1) is 13.1. The third-order valence-electron chi connectivity index (χ3n) is 4.42. The summed E-state index contributed by atoms with van der Waals surface area (Å²) in [6, 6.07) is 15.0. The van der Waals surface area contributed by atoms with Crippen molar-refractivity contribution in [1.82, 2.24) is 0 Å². The second-order valence-electron chi connectivity index (χ2n) is 5.78. The van der Waals surface area contributed by atoms with Gasteiger partial charge in [-0.05, 0) is 30.5 Å². The summed E-state index contributed by atoms with van der Waals surface area (Å²) in [4.78, 5) is 12.4. The Labute approximate surface area is 128 Å². The summed E-state index contributed by atoms with van der Waals surface area (Å²) in [6.45, 7) is 0. The van der Waals surface area contributed by atoms with E-state index in [0.29, 0.717) is 12.1 Å². The molecular weight excluding hydrogens is 276 g/mol. The van der Waals surface area contributed by atoms with Gasteiger partial charge in [0.2, 0.25) is 5.91 Å². The zero-order valence-corrected chi connectivity index (χ0v) is 12.1. The molecule has 0 bridgehead atoms. The predicted molar refractivity (Wildman–Crippen MR) is 85.0 cm³/mol. The number of phenols is 1. The van der Waals surface area contributed by atoms with Gasteiger partial charge in [0.15, 0.2) is 0 Å². The Kier molecular flexibility index (Phi) is 2.96. The molecule has 1 amide bonds. The highest BCUT2D eigenvalue weighted by Gasteiger charge is 2.34. The number of fused-ring (bicyclic) bond motifs is 3. The first-order valence-corrected chi connectivity index (χ1v) is 7.52. The highest BCUT2D eigenvalue weighted by atomic mass is 16.3. The summed E-state index contributed by atoms with van der Waals surface area (Å²) in [6.07, 6.45) is 2.39.